The fourth-order valence-corrected chi connectivity index (χ4v) is 6.70. The molecule has 3 heterocycles. The second-order valence-electron chi connectivity index (χ2n) is 9.34. The highest BCUT2D eigenvalue weighted by Crippen LogP contribution is 2.40. The fourth-order valence-electron chi connectivity index (χ4n) is 4.66. The van der Waals surface area contributed by atoms with Crippen LogP contribution >= 0.6 is 22.7 Å². The van der Waals surface area contributed by atoms with Gasteiger partial charge >= 0.3 is 5.97 Å². The van der Waals surface area contributed by atoms with E-state index in [1.807, 2.05) is 37.3 Å². The molecule has 5 rings (SSSR count). The molecule has 4 aromatic rings. The molecule has 0 spiro atoms. The monoisotopic (exact) mass is 560 g/mol. The zero-order chi connectivity index (χ0) is 27.4. The van der Waals surface area contributed by atoms with Crippen LogP contribution in [-0.4, -0.2) is 37.8 Å². The molecule has 0 bridgehead atoms. The topological polar surface area (TPSA) is 76.4 Å². The van der Waals surface area contributed by atoms with Crippen LogP contribution in [0, 0.1) is 0 Å². The van der Waals surface area contributed by atoms with Gasteiger partial charge in [-0.2, -0.15) is 0 Å². The van der Waals surface area contributed by atoms with E-state index >= 15 is 0 Å². The molecule has 9 heteroatoms. The molecule has 39 heavy (non-hydrogen) atoms. The number of fused-ring (bicyclic) bond motifs is 2. The summed E-state index contributed by atoms with van der Waals surface area (Å²) in [7, 11) is 1.41. The molecule has 0 saturated carbocycles. The molecule has 2 aromatic carbocycles. The van der Waals surface area contributed by atoms with Crippen LogP contribution in [0.15, 0.2) is 58.8 Å². The van der Waals surface area contributed by atoms with Gasteiger partial charge in [0.1, 0.15) is 10.6 Å². The van der Waals surface area contributed by atoms with E-state index in [4.69, 9.17) is 9.47 Å². The predicted molar refractivity (Wildman–Crippen MR) is 161 cm³/mol. The Bertz CT molecular complexity index is 1500. The standard InChI is InChI=1S/C30H32N4O3S2/c1-5-7-16-37-23-11-8-20(9-12-23)27(29(35)36-4)19(3)25-18-26-28(38-25)31-30(39-26)33-32-22-10-13-24-21(17-22)14-15-34(24)6-2/h8-13,17-18H,5-7,14-16H2,1-4H3/b27-19-,33-32?. The van der Waals surface area contributed by atoms with Crippen LogP contribution in [0.3, 0.4) is 0 Å². The molecular weight excluding hydrogens is 528 g/mol. The van der Waals surface area contributed by atoms with Gasteiger partial charge in [-0.1, -0.05) is 36.8 Å². The lowest BCUT2D eigenvalue weighted by atomic mass is 9.99. The summed E-state index contributed by atoms with van der Waals surface area (Å²) in [4.78, 5) is 21.7. The summed E-state index contributed by atoms with van der Waals surface area (Å²) >= 11 is 3.03. The summed E-state index contributed by atoms with van der Waals surface area (Å²) in [5.41, 5.74) is 5.63. The Morgan fingerprint density at radius 1 is 1.08 bits per heavy atom. The van der Waals surface area contributed by atoms with Gasteiger partial charge in [-0.15, -0.1) is 21.6 Å². The van der Waals surface area contributed by atoms with E-state index in [1.54, 1.807) is 0 Å². The van der Waals surface area contributed by atoms with Crippen LogP contribution in [0.2, 0.25) is 0 Å². The lowest BCUT2D eigenvalue weighted by Gasteiger charge is -2.16. The van der Waals surface area contributed by atoms with Gasteiger partial charge in [-0.05, 0) is 79.8 Å². The number of esters is 1. The molecule has 2 aromatic heterocycles. The normalized spacial score (nSPS) is 13.7. The molecule has 0 radical (unpaired) electrons. The number of aromatic nitrogens is 1. The maximum Gasteiger partial charge on any atom is 0.338 e. The SMILES string of the molecule is CCCCOc1ccc(/C(C(=O)OC)=C(\C)c2cc3sc(N=Nc4ccc5c(c4)CCN5CC)nc3s2)cc1. The van der Waals surface area contributed by atoms with Crippen LogP contribution < -0.4 is 9.64 Å². The first-order valence-electron chi connectivity index (χ1n) is 13.2. The average molecular weight is 561 g/mol. The van der Waals surface area contributed by atoms with Gasteiger partial charge in [0.05, 0.1) is 29.7 Å². The summed E-state index contributed by atoms with van der Waals surface area (Å²) in [6.45, 7) is 9.01. The van der Waals surface area contributed by atoms with Gasteiger partial charge in [0.2, 0.25) is 5.13 Å². The number of thiophene rings is 1. The third-order valence-corrected chi connectivity index (χ3v) is 8.97. The zero-order valence-corrected chi connectivity index (χ0v) is 24.3. The van der Waals surface area contributed by atoms with E-state index in [9.17, 15) is 4.79 Å². The number of hydrogen-bond acceptors (Lipinski definition) is 9. The minimum atomic E-state index is -0.372. The number of carbonyl (C=O) groups excluding carboxylic acids is 1. The van der Waals surface area contributed by atoms with E-state index in [-0.39, 0.29) is 5.97 Å². The number of nitrogens with zero attached hydrogens (tertiary/aromatic N) is 4. The van der Waals surface area contributed by atoms with Crippen molar-refractivity contribution in [3.05, 3.63) is 64.5 Å². The Balaban J connectivity index is 1.36. The quantitative estimate of drug-likeness (QED) is 0.0842. The molecule has 0 N–H and O–H groups in total. The van der Waals surface area contributed by atoms with E-state index < -0.39 is 0 Å². The Kier molecular flexibility index (Phi) is 8.38. The largest absolute Gasteiger partial charge is 0.494 e. The highest BCUT2D eigenvalue weighted by atomic mass is 32.1. The van der Waals surface area contributed by atoms with Gasteiger partial charge < -0.3 is 14.4 Å². The molecule has 0 fully saturated rings. The van der Waals surface area contributed by atoms with Gasteiger partial charge in [0, 0.05) is 23.7 Å². The van der Waals surface area contributed by atoms with Crippen molar-refractivity contribution in [2.75, 3.05) is 31.7 Å². The molecular formula is C30H32N4O3S2. The number of likely N-dealkylation sites (N-methyl/N-ethyl adjacent to an activating group) is 1. The van der Waals surface area contributed by atoms with Gasteiger partial charge in [-0.3, -0.25) is 0 Å². The van der Waals surface area contributed by atoms with Crippen molar-refractivity contribution in [2.45, 2.75) is 40.0 Å². The second kappa shape index (κ2) is 12.1. The molecule has 0 aliphatic carbocycles. The Morgan fingerprint density at radius 3 is 2.62 bits per heavy atom. The van der Waals surface area contributed by atoms with Crippen LogP contribution in [-0.2, 0) is 16.0 Å². The second-order valence-corrected chi connectivity index (χ2v) is 11.4. The van der Waals surface area contributed by atoms with Crippen molar-refractivity contribution in [1.29, 1.82) is 0 Å². The molecule has 0 unspecified atom stereocenters. The van der Waals surface area contributed by atoms with Crippen LogP contribution in [0.4, 0.5) is 16.5 Å². The number of thiazole rings is 1. The number of methoxy groups -OCH3 is 1. The number of hydrogen-bond donors (Lipinski definition) is 0. The Labute approximate surface area is 236 Å². The molecule has 1 aliphatic heterocycles. The maximum absolute atomic E-state index is 12.8. The first kappa shape index (κ1) is 27.0. The van der Waals surface area contributed by atoms with Crippen LogP contribution in [0.25, 0.3) is 20.7 Å². The first-order chi connectivity index (χ1) is 19.0. The van der Waals surface area contributed by atoms with Gasteiger partial charge in [-0.25, -0.2) is 9.78 Å². The lowest BCUT2D eigenvalue weighted by Crippen LogP contribution is -2.18. The summed E-state index contributed by atoms with van der Waals surface area (Å²) < 4.78 is 11.9. The number of anilines is 1. The summed E-state index contributed by atoms with van der Waals surface area (Å²) in [6, 6.07) is 15.9. The Hall–Kier alpha value is -3.56. The number of allylic oxidation sites excluding steroid dienone is 1. The molecule has 202 valence electrons. The Morgan fingerprint density at radius 2 is 1.90 bits per heavy atom. The van der Waals surface area contributed by atoms with Crippen molar-refractivity contribution >= 4 is 65.8 Å². The zero-order valence-electron chi connectivity index (χ0n) is 22.7. The molecule has 0 amide bonds. The third kappa shape index (κ3) is 5.89. The number of ether oxygens (including phenoxy) is 2. The minimum absolute atomic E-state index is 0.372. The van der Waals surface area contributed by atoms with Crippen molar-refractivity contribution in [3.8, 4) is 5.75 Å². The van der Waals surface area contributed by atoms with E-state index in [2.05, 4.69) is 52.2 Å². The third-order valence-electron chi connectivity index (χ3n) is 6.81. The summed E-state index contributed by atoms with van der Waals surface area (Å²) in [5, 5.41) is 9.48. The highest BCUT2D eigenvalue weighted by Gasteiger charge is 2.20. The van der Waals surface area contributed by atoms with E-state index in [0.29, 0.717) is 17.3 Å². The van der Waals surface area contributed by atoms with Crippen molar-refractivity contribution in [3.63, 3.8) is 0 Å². The molecule has 0 atom stereocenters. The smallest absolute Gasteiger partial charge is 0.338 e. The van der Waals surface area contributed by atoms with E-state index in [1.165, 1.54) is 41.0 Å². The van der Waals surface area contributed by atoms with E-state index in [0.717, 1.165) is 69.3 Å². The number of azo groups is 1. The van der Waals surface area contributed by atoms with Gasteiger partial charge in [0.15, 0.2) is 0 Å². The molecule has 0 saturated heterocycles. The predicted octanol–water partition coefficient (Wildman–Crippen LogP) is 8.44. The fraction of sp³-hybridized carbons (Fsp3) is 0.333. The van der Waals surface area contributed by atoms with Crippen molar-refractivity contribution < 1.29 is 14.3 Å². The number of benzene rings is 2. The van der Waals surface area contributed by atoms with Crippen LogP contribution in [0.1, 0.15) is 49.6 Å². The van der Waals surface area contributed by atoms with Crippen LogP contribution in [0.5, 0.6) is 5.75 Å². The summed E-state index contributed by atoms with van der Waals surface area (Å²) in [6.07, 6.45) is 3.13. The lowest BCUT2D eigenvalue weighted by molar-refractivity contribution is -0.133. The minimum Gasteiger partial charge on any atom is -0.494 e. The number of carbonyl (C=O) groups is 1. The van der Waals surface area contributed by atoms with Crippen molar-refractivity contribution in [1.82, 2.24) is 4.98 Å². The molecule has 7 nitrogen and oxygen atoms in total. The molecule has 1 aliphatic rings. The number of unbranched alkanes of at least 4 members (excludes halogenated alkanes) is 1. The highest BCUT2D eigenvalue weighted by molar-refractivity contribution is 7.29. The summed E-state index contributed by atoms with van der Waals surface area (Å²) in [5.74, 6) is 0.419. The van der Waals surface area contributed by atoms with Gasteiger partial charge in [0.25, 0.3) is 0 Å². The first-order valence-corrected chi connectivity index (χ1v) is 14.9. The number of rotatable bonds is 10. The average Bonchev–Trinajstić information content (AvgIpc) is 3.65. The maximum atomic E-state index is 12.8. The van der Waals surface area contributed by atoms with Crippen molar-refractivity contribution in [2.24, 2.45) is 10.2 Å².